The van der Waals surface area contributed by atoms with E-state index < -0.39 is 5.56 Å². The molecule has 1 N–H and O–H groups in total. The van der Waals surface area contributed by atoms with Crippen LogP contribution in [0, 0.1) is 0 Å². The third-order valence-corrected chi connectivity index (χ3v) is 2.19. The van der Waals surface area contributed by atoms with Gasteiger partial charge in [0.05, 0.1) is 4.47 Å². The highest BCUT2D eigenvalue weighted by Gasteiger charge is 2.15. The summed E-state index contributed by atoms with van der Waals surface area (Å²) >= 11 is 3.07. The molecule has 1 rings (SSSR count). The highest BCUT2D eigenvalue weighted by molar-refractivity contribution is 9.10. The van der Waals surface area contributed by atoms with E-state index in [0.717, 1.165) is 0 Å². The van der Waals surface area contributed by atoms with Gasteiger partial charge >= 0.3 is 5.69 Å². The van der Waals surface area contributed by atoms with Crippen LogP contribution in [0.25, 0.3) is 0 Å². The minimum absolute atomic E-state index is 0.330. The van der Waals surface area contributed by atoms with Crippen molar-refractivity contribution in [2.45, 2.75) is 26.3 Å². The van der Waals surface area contributed by atoms with Gasteiger partial charge in [-0.15, -0.1) is 0 Å². The van der Waals surface area contributed by atoms with E-state index in [-0.39, 0.29) is 11.2 Å². The van der Waals surface area contributed by atoms with E-state index in [2.05, 4.69) is 20.9 Å². The van der Waals surface area contributed by atoms with Crippen LogP contribution in [0.1, 0.15) is 20.8 Å². The maximum Gasteiger partial charge on any atom is 0.328 e. The third-order valence-electron chi connectivity index (χ3n) is 1.62. The average Bonchev–Trinajstić information content (AvgIpc) is 1.94. The van der Waals surface area contributed by atoms with Gasteiger partial charge in [0.15, 0.2) is 0 Å². The highest BCUT2D eigenvalue weighted by atomic mass is 79.9. The summed E-state index contributed by atoms with van der Waals surface area (Å²) in [5.41, 5.74) is -1.12. The van der Waals surface area contributed by atoms with Crippen LogP contribution in [0.3, 0.4) is 0 Å². The summed E-state index contributed by atoms with van der Waals surface area (Å²) in [6.07, 6.45) is 1.50. The second-order valence-electron chi connectivity index (χ2n) is 3.78. The molecule has 1 heterocycles. The largest absolute Gasteiger partial charge is 0.328 e. The quantitative estimate of drug-likeness (QED) is 0.745. The zero-order valence-electron chi connectivity index (χ0n) is 7.72. The van der Waals surface area contributed by atoms with E-state index in [4.69, 9.17) is 0 Å². The molecular weight excluding hydrogens is 236 g/mol. The van der Waals surface area contributed by atoms with Crippen LogP contribution in [-0.2, 0) is 5.54 Å². The Hall–Kier alpha value is -0.840. The lowest BCUT2D eigenvalue weighted by Gasteiger charge is -2.21. The molecule has 4 nitrogen and oxygen atoms in total. The van der Waals surface area contributed by atoms with E-state index >= 15 is 0 Å². The van der Waals surface area contributed by atoms with E-state index in [1.54, 1.807) is 0 Å². The predicted octanol–water partition coefficient (Wildman–Crippen LogP) is 1.05. The Kier molecular flexibility index (Phi) is 2.47. The summed E-state index contributed by atoms with van der Waals surface area (Å²) in [4.78, 5) is 24.5. The van der Waals surface area contributed by atoms with Crippen LogP contribution in [-0.4, -0.2) is 9.55 Å². The fourth-order valence-corrected chi connectivity index (χ4v) is 1.25. The zero-order chi connectivity index (χ0) is 10.2. The van der Waals surface area contributed by atoms with Gasteiger partial charge in [-0.05, 0) is 36.7 Å². The first kappa shape index (κ1) is 10.2. The van der Waals surface area contributed by atoms with Crippen molar-refractivity contribution in [1.29, 1.82) is 0 Å². The van der Waals surface area contributed by atoms with Crippen molar-refractivity contribution in [1.82, 2.24) is 9.55 Å². The normalized spacial score (nSPS) is 11.7. The SMILES string of the molecule is CC(C)(C)n1cc(Br)c(=O)[nH]c1=O. The molecule has 0 spiro atoms. The molecular formula is C8H11BrN2O2. The molecule has 13 heavy (non-hydrogen) atoms. The standard InChI is InChI=1S/C8H11BrN2O2/c1-8(2,3)11-4-5(9)6(12)10-7(11)13/h4H,1-3H3,(H,10,12,13). The number of H-pyrrole nitrogens is 1. The van der Waals surface area contributed by atoms with Crippen LogP contribution in [0.5, 0.6) is 0 Å². The van der Waals surface area contributed by atoms with Gasteiger partial charge in [0, 0.05) is 11.7 Å². The Morgan fingerprint density at radius 3 is 2.38 bits per heavy atom. The molecule has 1 aromatic rings. The molecule has 0 fully saturated rings. The highest BCUT2D eigenvalue weighted by Crippen LogP contribution is 2.11. The zero-order valence-corrected chi connectivity index (χ0v) is 9.31. The van der Waals surface area contributed by atoms with Gasteiger partial charge < -0.3 is 0 Å². The van der Waals surface area contributed by atoms with Gasteiger partial charge in [0.2, 0.25) is 0 Å². The summed E-state index contributed by atoms with van der Waals surface area (Å²) in [5, 5.41) is 0. The fraction of sp³-hybridized carbons (Fsp3) is 0.500. The van der Waals surface area contributed by atoms with Gasteiger partial charge in [-0.2, -0.15) is 0 Å². The summed E-state index contributed by atoms with van der Waals surface area (Å²) in [7, 11) is 0. The second kappa shape index (κ2) is 3.14. The van der Waals surface area contributed by atoms with Gasteiger partial charge in [0.25, 0.3) is 5.56 Å². The summed E-state index contributed by atoms with van der Waals surface area (Å²) < 4.78 is 1.83. The predicted molar refractivity (Wildman–Crippen MR) is 54.0 cm³/mol. The lowest BCUT2D eigenvalue weighted by atomic mass is 10.1. The van der Waals surface area contributed by atoms with Crippen LogP contribution >= 0.6 is 15.9 Å². The molecule has 0 amide bonds. The molecule has 0 aliphatic heterocycles. The summed E-state index contributed by atoms with van der Waals surface area (Å²) in [5.74, 6) is 0. The lowest BCUT2D eigenvalue weighted by molar-refractivity contribution is 0.375. The molecule has 0 atom stereocenters. The van der Waals surface area contributed by atoms with Crippen LogP contribution < -0.4 is 11.2 Å². The van der Waals surface area contributed by atoms with E-state index in [1.807, 2.05) is 20.8 Å². The van der Waals surface area contributed by atoms with Crippen LogP contribution in [0.4, 0.5) is 0 Å². The first-order valence-electron chi connectivity index (χ1n) is 3.84. The molecule has 1 aromatic heterocycles. The number of hydrogen-bond acceptors (Lipinski definition) is 2. The number of nitrogens with one attached hydrogen (secondary N) is 1. The third kappa shape index (κ3) is 2.09. The van der Waals surface area contributed by atoms with Crippen molar-refractivity contribution < 1.29 is 0 Å². The molecule has 72 valence electrons. The minimum Gasteiger partial charge on any atom is -0.294 e. The number of aromatic amines is 1. The smallest absolute Gasteiger partial charge is 0.294 e. The van der Waals surface area contributed by atoms with E-state index in [0.29, 0.717) is 4.47 Å². The molecule has 0 aliphatic rings. The molecule has 0 aromatic carbocycles. The van der Waals surface area contributed by atoms with Crippen molar-refractivity contribution in [2.24, 2.45) is 0 Å². The van der Waals surface area contributed by atoms with E-state index in [1.165, 1.54) is 10.8 Å². The molecule has 0 radical (unpaired) electrons. The average molecular weight is 247 g/mol. The Labute approximate surface area is 83.7 Å². The number of hydrogen-bond donors (Lipinski definition) is 1. The molecule has 5 heteroatoms. The van der Waals surface area contributed by atoms with Crippen molar-refractivity contribution in [3.63, 3.8) is 0 Å². The van der Waals surface area contributed by atoms with Gasteiger partial charge in [-0.25, -0.2) is 4.79 Å². The van der Waals surface area contributed by atoms with Gasteiger partial charge in [-0.3, -0.25) is 14.3 Å². The first-order chi connectivity index (χ1) is 5.82. The monoisotopic (exact) mass is 246 g/mol. The maximum atomic E-state index is 11.3. The number of halogens is 1. The molecule has 0 bridgehead atoms. The molecule has 0 saturated carbocycles. The van der Waals surface area contributed by atoms with E-state index in [9.17, 15) is 9.59 Å². The molecule has 0 saturated heterocycles. The molecule has 0 aliphatic carbocycles. The first-order valence-corrected chi connectivity index (χ1v) is 4.63. The van der Waals surface area contributed by atoms with Crippen LogP contribution in [0.15, 0.2) is 20.3 Å². The summed E-state index contributed by atoms with van der Waals surface area (Å²) in [6.45, 7) is 5.66. The van der Waals surface area contributed by atoms with Crippen molar-refractivity contribution in [3.05, 3.63) is 31.5 Å². The topological polar surface area (TPSA) is 54.9 Å². The van der Waals surface area contributed by atoms with Crippen molar-refractivity contribution >= 4 is 15.9 Å². The Morgan fingerprint density at radius 2 is 1.92 bits per heavy atom. The second-order valence-corrected chi connectivity index (χ2v) is 4.63. The molecule has 0 unspecified atom stereocenters. The Balaban J connectivity index is 3.51. The number of rotatable bonds is 0. The van der Waals surface area contributed by atoms with Gasteiger partial charge in [0.1, 0.15) is 0 Å². The van der Waals surface area contributed by atoms with Crippen molar-refractivity contribution in [3.8, 4) is 0 Å². The Bertz CT molecular complexity index is 425. The maximum absolute atomic E-state index is 11.3. The van der Waals surface area contributed by atoms with Crippen molar-refractivity contribution in [2.75, 3.05) is 0 Å². The lowest BCUT2D eigenvalue weighted by Crippen LogP contribution is -2.38. The minimum atomic E-state index is -0.398. The number of aromatic nitrogens is 2. The number of nitrogens with zero attached hydrogens (tertiary/aromatic N) is 1. The summed E-state index contributed by atoms with van der Waals surface area (Å²) in [6, 6.07) is 0. The van der Waals surface area contributed by atoms with Crippen LogP contribution in [0.2, 0.25) is 0 Å². The fourth-order valence-electron chi connectivity index (χ4n) is 0.946. The van der Waals surface area contributed by atoms with Gasteiger partial charge in [-0.1, -0.05) is 0 Å². The Morgan fingerprint density at radius 1 is 1.38 bits per heavy atom.